The van der Waals surface area contributed by atoms with Crippen LogP contribution in [0.5, 0.6) is 5.75 Å². The lowest BCUT2D eigenvalue weighted by molar-refractivity contribution is 0.474. The van der Waals surface area contributed by atoms with Gasteiger partial charge in [0.25, 0.3) is 0 Å². The quantitative estimate of drug-likeness (QED) is 0.514. The summed E-state index contributed by atoms with van der Waals surface area (Å²) in [5.74, 6) is -0.0525. The van der Waals surface area contributed by atoms with E-state index in [0.29, 0.717) is 14.9 Å². The first-order valence-electron chi connectivity index (χ1n) is 4.49. The van der Waals surface area contributed by atoms with Gasteiger partial charge in [-0.05, 0) is 18.4 Å². The minimum atomic E-state index is -0.0525. The molecular formula is C10H10Cl2N2OS2. The van der Waals surface area contributed by atoms with Crippen LogP contribution in [0.25, 0.3) is 0 Å². The molecule has 0 heterocycles. The maximum Gasteiger partial charge on any atom is 0.156 e. The second-order valence-electron chi connectivity index (χ2n) is 3.06. The SMILES string of the molecule is CSC(=S)N(C)/N=C/c1cc(Cl)cc(Cl)c1O. The Morgan fingerprint density at radius 1 is 1.53 bits per heavy atom. The van der Waals surface area contributed by atoms with Crippen molar-refractivity contribution in [2.75, 3.05) is 13.3 Å². The van der Waals surface area contributed by atoms with Gasteiger partial charge in [0, 0.05) is 17.6 Å². The molecule has 1 N–H and O–H groups in total. The van der Waals surface area contributed by atoms with Crippen molar-refractivity contribution in [1.29, 1.82) is 0 Å². The molecule has 1 rings (SSSR count). The van der Waals surface area contributed by atoms with Gasteiger partial charge < -0.3 is 5.11 Å². The lowest BCUT2D eigenvalue weighted by Gasteiger charge is -2.11. The molecule has 0 aliphatic carbocycles. The summed E-state index contributed by atoms with van der Waals surface area (Å²) >= 11 is 18.1. The maximum absolute atomic E-state index is 9.69. The van der Waals surface area contributed by atoms with E-state index in [1.807, 2.05) is 6.26 Å². The lowest BCUT2D eigenvalue weighted by Crippen LogP contribution is -2.15. The van der Waals surface area contributed by atoms with Crippen LogP contribution in [-0.4, -0.2) is 34.0 Å². The predicted octanol–water partition coefficient (Wildman–Crippen LogP) is 3.61. The number of halogens is 2. The Morgan fingerprint density at radius 3 is 2.76 bits per heavy atom. The highest BCUT2D eigenvalue weighted by molar-refractivity contribution is 8.22. The minimum Gasteiger partial charge on any atom is -0.506 e. The van der Waals surface area contributed by atoms with Crippen molar-refractivity contribution in [1.82, 2.24) is 5.01 Å². The van der Waals surface area contributed by atoms with E-state index in [0.717, 1.165) is 0 Å². The normalized spacial score (nSPS) is 10.8. The molecule has 0 atom stereocenters. The highest BCUT2D eigenvalue weighted by atomic mass is 35.5. The fourth-order valence-corrected chi connectivity index (χ4v) is 1.88. The van der Waals surface area contributed by atoms with E-state index in [4.69, 9.17) is 35.4 Å². The molecule has 1 aromatic rings. The van der Waals surface area contributed by atoms with Gasteiger partial charge in [-0.3, -0.25) is 5.01 Å². The Labute approximate surface area is 119 Å². The van der Waals surface area contributed by atoms with E-state index in [9.17, 15) is 5.11 Å². The van der Waals surface area contributed by atoms with Crippen LogP contribution in [0.15, 0.2) is 17.2 Å². The van der Waals surface area contributed by atoms with Crippen LogP contribution in [-0.2, 0) is 0 Å². The largest absolute Gasteiger partial charge is 0.506 e. The van der Waals surface area contributed by atoms with Crippen molar-refractivity contribution in [2.45, 2.75) is 0 Å². The molecule has 0 bridgehead atoms. The van der Waals surface area contributed by atoms with Crippen molar-refractivity contribution in [3.8, 4) is 5.75 Å². The van der Waals surface area contributed by atoms with Crippen LogP contribution in [0.2, 0.25) is 10.0 Å². The first kappa shape index (κ1) is 14.6. The molecule has 92 valence electrons. The zero-order valence-electron chi connectivity index (χ0n) is 9.15. The van der Waals surface area contributed by atoms with E-state index in [-0.39, 0.29) is 10.8 Å². The van der Waals surface area contributed by atoms with E-state index in [1.54, 1.807) is 13.1 Å². The highest BCUT2D eigenvalue weighted by Gasteiger charge is 2.06. The van der Waals surface area contributed by atoms with Gasteiger partial charge in [0.1, 0.15) is 5.75 Å². The number of phenolic OH excluding ortho intramolecular Hbond substituents is 1. The molecule has 0 saturated carbocycles. The number of thiocarbonyl (C=S) groups is 1. The number of hydrazone groups is 1. The van der Waals surface area contributed by atoms with Crippen LogP contribution in [0, 0.1) is 0 Å². The first-order chi connectivity index (χ1) is 7.95. The number of hydrogen-bond acceptors (Lipinski definition) is 4. The van der Waals surface area contributed by atoms with E-state index < -0.39 is 0 Å². The first-order valence-corrected chi connectivity index (χ1v) is 6.88. The number of nitrogens with zero attached hydrogens (tertiary/aromatic N) is 2. The smallest absolute Gasteiger partial charge is 0.156 e. The Morgan fingerprint density at radius 2 is 2.18 bits per heavy atom. The van der Waals surface area contributed by atoms with Gasteiger partial charge in [-0.2, -0.15) is 5.10 Å². The summed E-state index contributed by atoms with van der Waals surface area (Å²) in [6.07, 6.45) is 3.32. The second-order valence-corrected chi connectivity index (χ2v) is 5.35. The summed E-state index contributed by atoms with van der Waals surface area (Å²) in [6, 6.07) is 3.04. The van der Waals surface area contributed by atoms with Gasteiger partial charge in [-0.1, -0.05) is 47.2 Å². The van der Waals surface area contributed by atoms with Gasteiger partial charge in [-0.25, -0.2) is 0 Å². The van der Waals surface area contributed by atoms with Gasteiger partial charge in [-0.15, -0.1) is 0 Å². The van der Waals surface area contributed by atoms with Crippen molar-refractivity contribution in [3.05, 3.63) is 27.7 Å². The molecule has 0 spiro atoms. The average molecular weight is 309 g/mol. The topological polar surface area (TPSA) is 35.8 Å². The van der Waals surface area contributed by atoms with Crippen LogP contribution in [0.4, 0.5) is 0 Å². The molecule has 1 aromatic carbocycles. The minimum absolute atomic E-state index is 0.0525. The molecule has 0 radical (unpaired) electrons. The van der Waals surface area contributed by atoms with Crippen LogP contribution in [0.1, 0.15) is 5.56 Å². The van der Waals surface area contributed by atoms with Gasteiger partial charge in [0.05, 0.1) is 11.2 Å². The number of thioether (sulfide) groups is 1. The van der Waals surface area contributed by atoms with Gasteiger partial charge in [0.15, 0.2) is 4.32 Å². The lowest BCUT2D eigenvalue weighted by atomic mass is 10.2. The summed E-state index contributed by atoms with van der Waals surface area (Å²) in [6.45, 7) is 0. The molecule has 0 aliphatic heterocycles. The summed E-state index contributed by atoms with van der Waals surface area (Å²) < 4.78 is 0.619. The van der Waals surface area contributed by atoms with Gasteiger partial charge in [0.2, 0.25) is 0 Å². The molecule has 0 amide bonds. The number of benzene rings is 1. The van der Waals surface area contributed by atoms with E-state index in [1.165, 1.54) is 29.1 Å². The zero-order chi connectivity index (χ0) is 13.0. The number of phenols is 1. The summed E-state index contributed by atoms with van der Waals surface area (Å²) in [5.41, 5.74) is 0.443. The molecule has 7 heteroatoms. The van der Waals surface area contributed by atoms with E-state index >= 15 is 0 Å². The molecule has 0 aliphatic rings. The Bertz CT molecular complexity index is 466. The summed E-state index contributed by atoms with van der Waals surface area (Å²) in [5, 5.41) is 15.9. The third kappa shape index (κ3) is 4.03. The van der Waals surface area contributed by atoms with Crippen molar-refractivity contribution in [2.24, 2.45) is 5.10 Å². The summed E-state index contributed by atoms with van der Waals surface area (Å²) in [4.78, 5) is 0. The Kier molecular flexibility index (Phi) is 5.52. The summed E-state index contributed by atoms with van der Waals surface area (Å²) in [7, 11) is 1.72. The van der Waals surface area contributed by atoms with Crippen LogP contribution < -0.4 is 0 Å². The fraction of sp³-hybridized carbons (Fsp3) is 0.200. The van der Waals surface area contributed by atoms with E-state index in [2.05, 4.69) is 5.10 Å². The predicted molar refractivity (Wildman–Crippen MR) is 79.6 cm³/mol. The van der Waals surface area contributed by atoms with Crippen molar-refractivity contribution in [3.63, 3.8) is 0 Å². The fourth-order valence-electron chi connectivity index (χ4n) is 1.01. The zero-order valence-corrected chi connectivity index (χ0v) is 12.3. The third-order valence-corrected chi connectivity index (χ3v) is 3.75. The number of aromatic hydroxyl groups is 1. The standard InChI is InChI=1S/C10H10Cl2N2OS2/c1-14(10(16)17-2)13-5-6-3-7(11)4-8(12)9(6)15/h3-5,15H,1-2H3/b13-5+. The molecule has 0 fully saturated rings. The number of rotatable bonds is 2. The monoisotopic (exact) mass is 308 g/mol. The molecule has 0 unspecified atom stereocenters. The molecule has 17 heavy (non-hydrogen) atoms. The second kappa shape index (κ2) is 6.44. The van der Waals surface area contributed by atoms with Crippen LogP contribution >= 0.6 is 47.2 Å². The Balaban J connectivity index is 2.95. The molecular weight excluding hydrogens is 299 g/mol. The highest BCUT2D eigenvalue weighted by Crippen LogP contribution is 2.30. The van der Waals surface area contributed by atoms with Gasteiger partial charge >= 0.3 is 0 Å². The number of hydrogen-bond donors (Lipinski definition) is 1. The average Bonchev–Trinajstić information content (AvgIpc) is 2.30. The maximum atomic E-state index is 9.69. The van der Waals surface area contributed by atoms with Crippen LogP contribution in [0.3, 0.4) is 0 Å². The molecule has 3 nitrogen and oxygen atoms in total. The Hall–Kier alpha value is -0.490. The third-order valence-electron chi connectivity index (χ3n) is 1.87. The van der Waals surface area contributed by atoms with Crippen molar-refractivity contribution < 1.29 is 5.11 Å². The van der Waals surface area contributed by atoms with Crippen molar-refractivity contribution >= 4 is 57.7 Å². The molecule has 0 saturated heterocycles. The molecule has 0 aromatic heterocycles.